The first-order chi connectivity index (χ1) is 7.74. The van der Waals surface area contributed by atoms with Crippen LogP contribution >= 0.6 is 0 Å². The number of H-pyrrole nitrogens is 1. The third-order valence-electron chi connectivity index (χ3n) is 3.19. The Hall–Kier alpha value is -1.91. The Morgan fingerprint density at radius 3 is 2.88 bits per heavy atom. The number of fused-ring (bicyclic) bond motifs is 1. The van der Waals surface area contributed by atoms with Gasteiger partial charge in [-0.05, 0) is 18.9 Å². The second-order valence-electron chi connectivity index (χ2n) is 4.21. The number of nitrogens with zero attached hydrogens (tertiary/aromatic N) is 2. The fourth-order valence-electron chi connectivity index (χ4n) is 2.01. The van der Waals surface area contributed by atoms with Crippen molar-refractivity contribution in [3.8, 4) is 0 Å². The Morgan fingerprint density at radius 2 is 2.25 bits per heavy atom. The molecular weight excluding hydrogens is 206 g/mol. The van der Waals surface area contributed by atoms with Crippen LogP contribution in [0.5, 0.6) is 0 Å². The first-order valence-corrected chi connectivity index (χ1v) is 5.38. The van der Waals surface area contributed by atoms with Gasteiger partial charge in [-0.2, -0.15) is 0 Å². The van der Waals surface area contributed by atoms with Gasteiger partial charge in [-0.3, -0.25) is 10.1 Å². The molecule has 0 aliphatic heterocycles. The van der Waals surface area contributed by atoms with Crippen LogP contribution in [0.3, 0.4) is 0 Å². The van der Waals surface area contributed by atoms with Gasteiger partial charge in [0.05, 0.1) is 16.0 Å². The van der Waals surface area contributed by atoms with Crippen molar-refractivity contribution in [1.29, 1.82) is 0 Å². The van der Waals surface area contributed by atoms with Crippen LogP contribution in [0.4, 0.5) is 5.69 Å². The van der Waals surface area contributed by atoms with Crippen LogP contribution in [-0.2, 0) is 0 Å². The summed E-state index contributed by atoms with van der Waals surface area (Å²) in [6.07, 6.45) is 3.59. The minimum atomic E-state index is -0.386. The van der Waals surface area contributed by atoms with Crippen LogP contribution in [0.15, 0.2) is 18.2 Å². The third-order valence-corrected chi connectivity index (χ3v) is 3.19. The van der Waals surface area contributed by atoms with Gasteiger partial charge in [-0.15, -0.1) is 0 Å². The molecule has 1 aliphatic rings. The zero-order valence-electron chi connectivity index (χ0n) is 8.64. The summed E-state index contributed by atoms with van der Waals surface area (Å²) in [5.41, 5.74) is 1.68. The predicted molar refractivity (Wildman–Crippen MR) is 59.3 cm³/mol. The summed E-state index contributed by atoms with van der Waals surface area (Å²) < 4.78 is 0. The molecule has 0 atom stereocenters. The topological polar surface area (TPSA) is 71.8 Å². The summed E-state index contributed by atoms with van der Waals surface area (Å²) in [4.78, 5) is 17.9. The summed E-state index contributed by atoms with van der Waals surface area (Å²) >= 11 is 0. The van der Waals surface area contributed by atoms with E-state index in [2.05, 4.69) is 9.97 Å². The molecule has 0 bridgehead atoms. The molecule has 16 heavy (non-hydrogen) atoms. The largest absolute Gasteiger partial charge is 0.342 e. The van der Waals surface area contributed by atoms with E-state index in [1.54, 1.807) is 12.1 Å². The maximum atomic E-state index is 10.6. The second kappa shape index (κ2) is 3.30. The van der Waals surface area contributed by atoms with Gasteiger partial charge in [-0.25, -0.2) is 4.98 Å². The fourth-order valence-corrected chi connectivity index (χ4v) is 2.01. The number of aromatic amines is 1. The molecule has 1 aromatic carbocycles. The maximum absolute atomic E-state index is 10.6. The quantitative estimate of drug-likeness (QED) is 0.621. The van der Waals surface area contributed by atoms with Crippen LogP contribution in [0.25, 0.3) is 11.0 Å². The molecule has 1 aromatic heterocycles. The highest BCUT2D eigenvalue weighted by molar-refractivity contribution is 5.77. The van der Waals surface area contributed by atoms with Crippen molar-refractivity contribution in [3.05, 3.63) is 34.1 Å². The number of aromatic nitrogens is 2. The first kappa shape index (κ1) is 9.33. The number of nitrogens with one attached hydrogen (secondary N) is 1. The standard InChI is InChI=1S/C11H11N3O2/c15-14(16)8-4-5-9-10(6-8)13-11(12-9)7-2-1-3-7/h4-7H,1-3H2,(H,12,13). The molecule has 0 spiro atoms. The highest BCUT2D eigenvalue weighted by Crippen LogP contribution is 2.35. The van der Waals surface area contributed by atoms with E-state index in [-0.39, 0.29) is 10.6 Å². The maximum Gasteiger partial charge on any atom is 0.271 e. The Bertz CT molecular complexity index is 557. The number of nitro groups is 1. The molecule has 1 N–H and O–H groups in total. The molecular formula is C11H11N3O2. The lowest BCUT2D eigenvalue weighted by molar-refractivity contribution is -0.384. The Kier molecular flexibility index (Phi) is 1.92. The molecule has 0 radical (unpaired) electrons. The second-order valence-corrected chi connectivity index (χ2v) is 4.21. The number of benzene rings is 1. The van der Waals surface area contributed by atoms with Gasteiger partial charge in [-0.1, -0.05) is 6.42 Å². The molecule has 82 valence electrons. The minimum absolute atomic E-state index is 0.108. The van der Waals surface area contributed by atoms with Crippen LogP contribution in [-0.4, -0.2) is 14.9 Å². The van der Waals surface area contributed by atoms with Gasteiger partial charge in [0.25, 0.3) is 5.69 Å². The zero-order valence-corrected chi connectivity index (χ0v) is 8.64. The summed E-state index contributed by atoms with van der Waals surface area (Å²) in [6, 6.07) is 4.74. The summed E-state index contributed by atoms with van der Waals surface area (Å²) in [5.74, 6) is 1.49. The van der Waals surface area contributed by atoms with Crippen molar-refractivity contribution in [2.75, 3.05) is 0 Å². The van der Waals surface area contributed by atoms with E-state index >= 15 is 0 Å². The monoisotopic (exact) mass is 217 g/mol. The van der Waals surface area contributed by atoms with Crippen LogP contribution in [0, 0.1) is 10.1 Å². The summed E-state index contributed by atoms with van der Waals surface area (Å²) in [6.45, 7) is 0. The molecule has 1 fully saturated rings. The van der Waals surface area contributed by atoms with Crippen molar-refractivity contribution < 1.29 is 4.92 Å². The molecule has 5 nitrogen and oxygen atoms in total. The van der Waals surface area contributed by atoms with Gasteiger partial charge in [0.1, 0.15) is 5.82 Å². The van der Waals surface area contributed by atoms with Crippen LogP contribution in [0.1, 0.15) is 31.0 Å². The van der Waals surface area contributed by atoms with Crippen molar-refractivity contribution in [2.45, 2.75) is 25.2 Å². The fraction of sp³-hybridized carbons (Fsp3) is 0.364. The van der Waals surface area contributed by atoms with Gasteiger partial charge in [0.2, 0.25) is 0 Å². The summed E-state index contributed by atoms with van der Waals surface area (Å²) in [7, 11) is 0. The SMILES string of the molecule is O=[N+]([O-])c1ccc2nc(C3CCC3)[nH]c2c1. The molecule has 1 saturated carbocycles. The van der Waals surface area contributed by atoms with Crippen molar-refractivity contribution >= 4 is 16.7 Å². The van der Waals surface area contributed by atoms with Crippen molar-refractivity contribution in [1.82, 2.24) is 9.97 Å². The number of hydrogen-bond acceptors (Lipinski definition) is 3. The number of nitro benzene ring substituents is 1. The van der Waals surface area contributed by atoms with E-state index in [9.17, 15) is 10.1 Å². The molecule has 2 aromatic rings. The lowest BCUT2D eigenvalue weighted by atomic mass is 9.85. The average Bonchev–Trinajstić information content (AvgIpc) is 2.56. The smallest absolute Gasteiger partial charge is 0.271 e. The van der Waals surface area contributed by atoms with E-state index in [0.29, 0.717) is 5.92 Å². The van der Waals surface area contributed by atoms with Crippen LogP contribution < -0.4 is 0 Å². The third kappa shape index (κ3) is 1.36. The molecule has 0 amide bonds. The van der Waals surface area contributed by atoms with Crippen molar-refractivity contribution in [3.63, 3.8) is 0 Å². The zero-order chi connectivity index (χ0) is 11.1. The summed E-state index contributed by atoms with van der Waals surface area (Å²) in [5, 5.41) is 10.6. The first-order valence-electron chi connectivity index (χ1n) is 5.38. The normalized spacial score (nSPS) is 16.2. The highest BCUT2D eigenvalue weighted by Gasteiger charge is 2.23. The van der Waals surface area contributed by atoms with E-state index in [1.165, 1.54) is 25.3 Å². The predicted octanol–water partition coefficient (Wildman–Crippen LogP) is 2.74. The van der Waals surface area contributed by atoms with E-state index in [4.69, 9.17) is 0 Å². The average molecular weight is 217 g/mol. The molecule has 0 unspecified atom stereocenters. The van der Waals surface area contributed by atoms with Gasteiger partial charge in [0, 0.05) is 18.1 Å². The lowest BCUT2D eigenvalue weighted by Gasteiger charge is -2.22. The number of hydrogen-bond donors (Lipinski definition) is 1. The number of rotatable bonds is 2. The Balaban J connectivity index is 2.06. The number of non-ortho nitro benzene ring substituents is 1. The molecule has 3 rings (SSSR count). The Labute approximate surface area is 91.6 Å². The Morgan fingerprint density at radius 1 is 1.44 bits per heavy atom. The lowest BCUT2D eigenvalue weighted by Crippen LogP contribution is -2.10. The van der Waals surface area contributed by atoms with Gasteiger partial charge >= 0.3 is 0 Å². The molecule has 0 saturated heterocycles. The van der Waals surface area contributed by atoms with Crippen LogP contribution in [0.2, 0.25) is 0 Å². The van der Waals surface area contributed by atoms with E-state index in [1.807, 2.05) is 0 Å². The molecule has 1 heterocycles. The van der Waals surface area contributed by atoms with Gasteiger partial charge < -0.3 is 4.98 Å². The molecule has 5 heteroatoms. The van der Waals surface area contributed by atoms with Crippen molar-refractivity contribution in [2.24, 2.45) is 0 Å². The minimum Gasteiger partial charge on any atom is -0.342 e. The van der Waals surface area contributed by atoms with E-state index in [0.717, 1.165) is 16.9 Å². The highest BCUT2D eigenvalue weighted by atomic mass is 16.6. The molecule has 1 aliphatic carbocycles. The van der Waals surface area contributed by atoms with Gasteiger partial charge in [0.15, 0.2) is 0 Å². The van der Waals surface area contributed by atoms with E-state index < -0.39 is 0 Å². The number of imidazole rings is 1.